The van der Waals surface area contributed by atoms with E-state index >= 15 is 0 Å². The van der Waals surface area contributed by atoms with Gasteiger partial charge in [0.1, 0.15) is 0 Å². The Morgan fingerprint density at radius 2 is 1.88 bits per heavy atom. The third-order valence-electron chi connectivity index (χ3n) is 6.33. The summed E-state index contributed by atoms with van der Waals surface area (Å²) in [6.45, 7) is 0.893. The van der Waals surface area contributed by atoms with Gasteiger partial charge in [0.15, 0.2) is 0 Å². The molecule has 4 rings (SSSR count). The number of ether oxygens (including phenoxy) is 1. The summed E-state index contributed by atoms with van der Waals surface area (Å²) in [5.41, 5.74) is -0.115. The van der Waals surface area contributed by atoms with Crippen LogP contribution in [0.2, 0.25) is 0 Å². The van der Waals surface area contributed by atoms with E-state index in [4.69, 9.17) is 4.74 Å². The molecule has 17 heavy (non-hydrogen) atoms. The van der Waals surface area contributed by atoms with Gasteiger partial charge in [-0.2, -0.15) is 0 Å². The summed E-state index contributed by atoms with van der Waals surface area (Å²) in [7, 11) is 0. The van der Waals surface area contributed by atoms with E-state index < -0.39 is 0 Å². The molecule has 1 aliphatic heterocycles. The van der Waals surface area contributed by atoms with Gasteiger partial charge >= 0.3 is 0 Å². The van der Waals surface area contributed by atoms with Gasteiger partial charge in [-0.05, 0) is 75.5 Å². The van der Waals surface area contributed by atoms with E-state index in [2.05, 4.69) is 0 Å². The fraction of sp³-hybridized carbons (Fsp3) is 1.00. The summed E-state index contributed by atoms with van der Waals surface area (Å²) in [5, 5.41) is 11.1. The largest absolute Gasteiger partial charge is 0.389 e. The van der Waals surface area contributed by atoms with Crippen LogP contribution in [0.1, 0.15) is 57.8 Å². The predicted molar refractivity (Wildman–Crippen MR) is 65.7 cm³/mol. The number of aliphatic hydroxyl groups is 1. The number of hydrogen-bond acceptors (Lipinski definition) is 2. The Labute approximate surface area is 104 Å². The first-order chi connectivity index (χ1) is 8.20. The maximum Gasteiger partial charge on any atom is 0.0708 e. The SMILES string of the molecule is OC1(C2CCOC3(CCC3)C2)CC2CCC1C2. The summed E-state index contributed by atoms with van der Waals surface area (Å²) >= 11 is 0. The second kappa shape index (κ2) is 3.48. The lowest BCUT2D eigenvalue weighted by atomic mass is 9.64. The molecule has 2 bridgehead atoms. The summed E-state index contributed by atoms with van der Waals surface area (Å²) < 4.78 is 6.01. The number of fused-ring (bicyclic) bond motifs is 2. The first kappa shape index (κ1) is 10.8. The summed E-state index contributed by atoms with van der Waals surface area (Å²) in [6.07, 6.45) is 11.1. The Hall–Kier alpha value is -0.0800. The fourth-order valence-corrected chi connectivity index (χ4v) is 5.22. The van der Waals surface area contributed by atoms with Crippen LogP contribution in [0.15, 0.2) is 0 Å². The molecular weight excluding hydrogens is 212 g/mol. The van der Waals surface area contributed by atoms with E-state index in [1.54, 1.807) is 0 Å². The number of hydrogen-bond donors (Lipinski definition) is 1. The lowest BCUT2D eigenvalue weighted by Gasteiger charge is -2.52. The van der Waals surface area contributed by atoms with Gasteiger partial charge in [0.2, 0.25) is 0 Å². The minimum atomic E-state index is -0.310. The van der Waals surface area contributed by atoms with E-state index in [1.807, 2.05) is 0 Å². The van der Waals surface area contributed by atoms with Gasteiger partial charge in [0.05, 0.1) is 11.2 Å². The van der Waals surface area contributed by atoms with E-state index in [9.17, 15) is 5.11 Å². The molecule has 1 heterocycles. The Morgan fingerprint density at radius 3 is 2.47 bits per heavy atom. The van der Waals surface area contributed by atoms with Crippen molar-refractivity contribution < 1.29 is 9.84 Å². The van der Waals surface area contributed by atoms with Crippen LogP contribution in [0.3, 0.4) is 0 Å². The third kappa shape index (κ3) is 1.46. The van der Waals surface area contributed by atoms with Crippen LogP contribution >= 0.6 is 0 Å². The highest BCUT2D eigenvalue weighted by molar-refractivity contribution is 5.07. The van der Waals surface area contributed by atoms with Crippen molar-refractivity contribution in [1.29, 1.82) is 0 Å². The molecule has 96 valence electrons. The van der Waals surface area contributed by atoms with Crippen LogP contribution in [0, 0.1) is 17.8 Å². The topological polar surface area (TPSA) is 29.5 Å². The first-order valence-electron chi connectivity index (χ1n) is 7.57. The van der Waals surface area contributed by atoms with E-state index in [1.165, 1.54) is 38.5 Å². The molecule has 1 N–H and O–H groups in total. The Kier molecular flexibility index (Phi) is 2.21. The van der Waals surface area contributed by atoms with Crippen LogP contribution in [-0.2, 0) is 4.74 Å². The highest BCUT2D eigenvalue weighted by atomic mass is 16.5. The molecule has 4 fully saturated rings. The highest BCUT2D eigenvalue weighted by Gasteiger charge is 2.56. The van der Waals surface area contributed by atoms with Crippen LogP contribution in [0.4, 0.5) is 0 Å². The fourth-order valence-electron chi connectivity index (χ4n) is 5.22. The maximum absolute atomic E-state index is 11.1. The molecule has 0 amide bonds. The molecule has 0 aromatic carbocycles. The van der Waals surface area contributed by atoms with Gasteiger partial charge in [-0.15, -0.1) is 0 Å². The van der Waals surface area contributed by atoms with Gasteiger partial charge in [0, 0.05) is 6.61 Å². The zero-order valence-electron chi connectivity index (χ0n) is 10.7. The average molecular weight is 236 g/mol. The third-order valence-corrected chi connectivity index (χ3v) is 6.33. The zero-order chi connectivity index (χ0) is 11.5. The second-order valence-electron chi connectivity index (χ2n) is 7.15. The molecule has 1 spiro atoms. The molecule has 4 atom stereocenters. The zero-order valence-corrected chi connectivity index (χ0v) is 10.7. The predicted octanol–water partition coefficient (Wildman–Crippen LogP) is 2.89. The Morgan fingerprint density at radius 1 is 1.00 bits per heavy atom. The van der Waals surface area contributed by atoms with Crippen molar-refractivity contribution in [2.45, 2.75) is 69.0 Å². The molecule has 4 aliphatic rings. The molecule has 2 heteroatoms. The summed E-state index contributed by atoms with van der Waals surface area (Å²) in [6, 6.07) is 0. The lowest BCUT2D eigenvalue weighted by molar-refractivity contribution is -0.185. The van der Waals surface area contributed by atoms with Crippen molar-refractivity contribution in [3.8, 4) is 0 Å². The average Bonchev–Trinajstić information content (AvgIpc) is 2.87. The highest BCUT2D eigenvalue weighted by Crippen LogP contribution is 2.58. The molecular formula is C15H24O2. The molecule has 4 unspecified atom stereocenters. The minimum Gasteiger partial charge on any atom is -0.389 e. The van der Waals surface area contributed by atoms with Crippen molar-refractivity contribution in [1.82, 2.24) is 0 Å². The van der Waals surface area contributed by atoms with Crippen molar-refractivity contribution in [3.05, 3.63) is 0 Å². The molecule has 0 aromatic heterocycles. The molecule has 3 saturated carbocycles. The maximum atomic E-state index is 11.1. The van der Waals surface area contributed by atoms with Gasteiger partial charge in [-0.3, -0.25) is 0 Å². The van der Waals surface area contributed by atoms with Gasteiger partial charge in [-0.25, -0.2) is 0 Å². The molecule has 3 aliphatic carbocycles. The first-order valence-corrected chi connectivity index (χ1v) is 7.57. The second-order valence-corrected chi connectivity index (χ2v) is 7.15. The summed E-state index contributed by atoms with van der Waals surface area (Å²) in [4.78, 5) is 0. The molecule has 0 aromatic rings. The van der Waals surface area contributed by atoms with Crippen molar-refractivity contribution in [2.75, 3.05) is 6.61 Å². The van der Waals surface area contributed by atoms with Crippen LogP contribution < -0.4 is 0 Å². The van der Waals surface area contributed by atoms with Gasteiger partial charge in [0.25, 0.3) is 0 Å². The standard InChI is InChI=1S/C15H24O2/c16-15(9-11-2-3-12(15)8-11)13-4-7-17-14(10-13)5-1-6-14/h11-13,16H,1-10H2. The van der Waals surface area contributed by atoms with Crippen LogP contribution in [0.5, 0.6) is 0 Å². The molecule has 0 radical (unpaired) electrons. The monoisotopic (exact) mass is 236 g/mol. The minimum absolute atomic E-state index is 0.195. The van der Waals surface area contributed by atoms with Crippen molar-refractivity contribution in [2.24, 2.45) is 17.8 Å². The van der Waals surface area contributed by atoms with Gasteiger partial charge < -0.3 is 9.84 Å². The van der Waals surface area contributed by atoms with Crippen LogP contribution in [0.25, 0.3) is 0 Å². The number of rotatable bonds is 1. The van der Waals surface area contributed by atoms with E-state index in [0.717, 1.165) is 31.8 Å². The van der Waals surface area contributed by atoms with E-state index in [0.29, 0.717) is 11.8 Å². The quantitative estimate of drug-likeness (QED) is 0.758. The lowest BCUT2D eigenvalue weighted by Crippen LogP contribution is -2.53. The normalized spacial score (nSPS) is 51.7. The van der Waals surface area contributed by atoms with Gasteiger partial charge in [-0.1, -0.05) is 0 Å². The molecule has 2 nitrogen and oxygen atoms in total. The van der Waals surface area contributed by atoms with Crippen molar-refractivity contribution in [3.63, 3.8) is 0 Å². The van der Waals surface area contributed by atoms with E-state index in [-0.39, 0.29) is 11.2 Å². The van der Waals surface area contributed by atoms with Crippen molar-refractivity contribution >= 4 is 0 Å². The smallest absolute Gasteiger partial charge is 0.0708 e. The Bertz CT molecular complexity index is 323. The van der Waals surface area contributed by atoms with Crippen LogP contribution in [-0.4, -0.2) is 22.9 Å². The summed E-state index contributed by atoms with van der Waals surface area (Å²) in [5.74, 6) is 1.99. The Balaban J connectivity index is 1.54. The molecule has 1 saturated heterocycles.